The lowest BCUT2D eigenvalue weighted by Gasteiger charge is -2.36. The summed E-state index contributed by atoms with van der Waals surface area (Å²) in [6, 6.07) is 18.3. The second kappa shape index (κ2) is 12.9. The molecule has 0 unspecified atom stereocenters. The smallest absolute Gasteiger partial charge is 0.264 e. The van der Waals surface area contributed by atoms with Gasteiger partial charge in [0.1, 0.15) is 10.7 Å². The van der Waals surface area contributed by atoms with Crippen molar-refractivity contribution in [2.45, 2.75) is 56.3 Å². The lowest BCUT2D eigenvalue weighted by atomic mass is 9.90. The fourth-order valence-electron chi connectivity index (χ4n) is 5.84. The molecule has 1 aliphatic heterocycles. The zero-order chi connectivity index (χ0) is 28.8. The maximum atomic E-state index is 13.5. The van der Waals surface area contributed by atoms with Crippen molar-refractivity contribution in [3.63, 3.8) is 0 Å². The van der Waals surface area contributed by atoms with E-state index in [-0.39, 0.29) is 16.6 Å². The number of hydrogen-bond acceptors (Lipinski definition) is 5. The molecule has 3 aromatic rings. The number of nitrogens with one attached hydrogen (secondary N) is 1. The van der Waals surface area contributed by atoms with E-state index in [2.05, 4.69) is 14.6 Å². The van der Waals surface area contributed by atoms with Gasteiger partial charge in [0.25, 0.3) is 15.9 Å². The predicted octanol–water partition coefficient (Wildman–Crippen LogP) is 6.75. The van der Waals surface area contributed by atoms with Crippen LogP contribution in [-0.4, -0.2) is 51.6 Å². The summed E-state index contributed by atoms with van der Waals surface area (Å²) >= 11 is 0. The Kier molecular flexibility index (Phi) is 9.03. The minimum atomic E-state index is -3.91. The second-order valence-electron chi connectivity index (χ2n) is 10.7. The maximum Gasteiger partial charge on any atom is 0.264 e. The standard InChI is InChI=1S/C32H37FN4O3S/c1-2-34-31-29(24-8-5-3-4-6-9-24)10-7-11-30(31)41(39,40)35-27-16-12-25(13-17-27)32(38)37-22-20-36(21-23-37)28-18-14-26(33)15-19-28/h2,7,10-19,24,35H,3-6,8-9,20-23H2,1H3/b34-2-. The predicted molar refractivity (Wildman–Crippen MR) is 162 cm³/mol. The van der Waals surface area contributed by atoms with Gasteiger partial charge in [0.15, 0.2) is 0 Å². The topological polar surface area (TPSA) is 82.1 Å². The molecule has 2 aliphatic rings. The molecule has 0 spiro atoms. The van der Waals surface area contributed by atoms with Gasteiger partial charge >= 0.3 is 0 Å². The highest BCUT2D eigenvalue weighted by molar-refractivity contribution is 7.92. The van der Waals surface area contributed by atoms with Crippen molar-refractivity contribution in [3.8, 4) is 0 Å². The van der Waals surface area contributed by atoms with Gasteiger partial charge in [-0.3, -0.25) is 14.5 Å². The Balaban J connectivity index is 1.27. The molecule has 1 N–H and O–H groups in total. The van der Waals surface area contributed by atoms with Gasteiger partial charge in [0.2, 0.25) is 0 Å². The molecule has 1 saturated carbocycles. The number of anilines is 2. The van der Waals surface area contributed by atoms with E-state index in [0.29, 0.717) is 49.0 Å². The highest BCUT2D eigenvalue weighted by Crippen LogP contribution is 2.40. The Morgan fingerprint density at radius 3 is 2.20 bits per heavy atom. The maximum absolute atomic E-state index is 13.5. The van der Waals surface area contributed by atoms with Crippen LogP contribution in [0, 0.1) is 5.82 Å². The highest BCUT2D eigenvalue weighted by Gasteiger charge is 2.26. The molecule has 1 saturated heterocycles. The molecule has 0 atom stereocenters. The Labute approximate surface area is 242 Å². The van der Waals surface area contributed by atoms with Crippen molar-refractivity contribution in [3.05, 3.63) is 83.7 Å². The average Bonchev–Trinajstić information content (AvgIpc) is 3.27. The number of aliphatic imine (C=N–C) groups is 1. The molecule has 1 aliphatic carbocycles. The van der Waals surface area contributed by atoms with Crippen LogP contribution in [0.15, 0.2) is 76.6 Å². The highest BCUT2D eigenvalue weighted by atomic mass is 32.2. The molecule has 2 fully saturated rings. The molecular weight excluding hydrogens is 539 g/mol. The van der Waals surface area contributed by atoms with Gasteiger partial charge < -0.3 is 9.80 Å². The van der Waals surface area contributed by atoms with Crippen LogP contribution >= 0.6 is 0 Å². The summed E-state index contributed by atoms with van der Waals surface area (Å²) in [4.78, 5) is 21.7. The number of para-hydroxylation sites is 1. The van der Waals surface area contributed by atoms with Crippen molar-refractivity contribution < 1.29 is 17.6 Å². The summed E-state index contributed by atoms with van der Waals surface area (Å²) in [6.45, 7) is 4.19. The lowest BCUT2D eigenvalue weighted by Crippen LogP contribution is -2.48. The number of rotatable bonds is 7. The Morgan fingerprint density at radius 2 is 1.56 bits per heavy atom. The minimum absolute atomic E-state index is 0.103. The minimum Gasteiger partial charge on any atom is -0.368 e. The fourth-order valence-corrected chi connectivity index (χ4v) is 7.08. The molecular formula is C32H37FN4O3S. The summed E-state index contributed by atoms with van der Waals surface area (Å²) in [5, 5.41) is 0. The average molecular weight is 577 g/mol. The molecule has 1 heterocycles. The summed E-state index contributed by atoms with van der Waals surface area (Å²) in [6.07, 6.45) is 8.45. The van der Waals surface area contributed by atoms with Gasteiger partial charge in [0.05, 0.1) is 5.69 Å². The van der Waals surface area contributed by atoms with Gasteiger partial charge in [-0.2, -0.15) is 0 Å². The van der Waals surface area contributed by atoms with Crippen LogP contribution in [0.1, 0.15) is 67.3 Å². The molecule has 41 heavy (non-hydrogen) atoms. The molecule has 5 rings (SSSR count). The van der Waals surface area contributed by atoms with Crippen molar-refractivity contribution in [2.75, 3.05) is 35.8 Å². The van der Waals surface area contributed by atoms with E-state index in [1.165, 1.54) is 25.0 Å². The Morgan fingerprint density at radius 1 is 0.902 bits per heavy atom. The van der Waals surface area contributed by atoms with Crippen molar-refractivity contribution in [1.29, 1.82) is 0 Å². The first-order valence-corrected chi connectivity index (χ1v) is 15.9. The SMILES string of the molecule is C/C=N\c1c(C2CCCCCC2)cccc1S(=O)(=O)Nc1ccc(C(=O)N2CCN(c3ccc(F)cc3)CC2)cc1. The van der Waals surface area contributed by atoms with E-state index in [0.717, 1.165) is 36.9 Å². The first kappa shape index (κ1) is 28.8. The van der Waals surface area contributed by atoms with Gasteiger partial charge in [-0.15, -0.1) is 0 Å². The molecule has 7 nitrogen and oxygen atoms in total. The normalized spacial score (nSPS) is 17.0. The summed E-state index contributed by atoms with van der Waals surface area (Å²) in [7, 11) is -3.91. The van der Waals surface area contributed by atoms with E-state index in [1.54, 1.807) is 66.6 Å². The largest absolute Gasteiger partial charge is 0.368 e. The van der Waals surface area contributed by atoms with Crippen LogP contribution in [0.3, 0.4) is 0 Å². The van der Waals surface area contributed by atoms with Gasteiger partial charge in [-0.25, -0.2) is 12.8 Å². The van der Waals surface area contributed by atoms with Crippen LogP contribution in [0.2, 0.25) is 0 Å². The van der Waals surface area contributed by atoms with Gasteiger partial charge in [0, 0.05) is 49.3 Å². The number of hydrogen-bond donors (Lipinski definition) is 1. The van der Waals surface area contributed by atoms with Crippen molar-refractivity contribution in [2.24, 2.45) is 4.99 Å². The van der Waals surface area contributed by atoms with Crippen molar-refractivity contribution in [1.82, 2.24) is 4.90 Å². The fraction of sp³-hybridized carbons (Fsp3) is 0.375. The van der Waals surface area contributed by atoms with Crippen LogP contribution < -0.4 is 9.62 Å². The van der Waals surface area contributed by atoms with Gasteiger partial charge in [-0.1, -0.05) is 37.8 Å². The third-order valence-electron chi connectivity index (χ3n) is 8.02. The number of carbonyl (C=O) groups is 1. The molecule has 0 aromatic heterocycles. The monoisotopic (exact) mass is 576 g/mol. The van der Waals surface area contributed by atoms with E-state index in [1.807, 2.05) is 6.07 Å². The van der Waals surface area contributed by atoms with E-state index in [9.17, 15) is 17.6 Å². The third kappa shape index (κ3) is 6.78. The number of amides is 1. The second-order valence-corrected chi connectivity index (χ2v) is 12.4. The first-order valence-electron chi connectivity index (χ1n) is 14.4. The Hall–Kier alpha value is -3.72. The molecule has 0 radical (unpaired) electrons. The van der Waals surface area contributed by atoms with E-state index >= 15 is 0 Å². The molecule has 216 valence electrons. The molecule has 0 bridgehead atoms. The van der Waals surface area contributed by atoms with Crippen LogP contribution in [0.5, 0.6) is 0 Å². The summed E-state index contributed by atoms with van der Waals surface area (Å²) in [5.41, 5.74) is 3.32. The Bertz CT molecular complexity index is 1470. The van der Waals surface area contributed by atoms with E-state index < -0.39 is 10.0 Å². The quantitative estimate of drug-likeness (QED) is 0.249. The lowest BCUT2D eigenvalue weighted by molar-refractivity contribution is 0.0747. The van der Waals surface area contributed by atoms with Crippen LogP contribution in [0.25, 0.3) is 0 Å². The first-order chi connectivity index (χ1) is 19.9. The third-order valence-corrected chi connectivity index (χ3v) is 9.43. The molecule has 1 amide bonds. The number of benzene rings is 3. The van der Waals surface area contributed by atoms with Crippen molar-refractivity contribution >= 4 is 39.2 Å². The number of halogens is 1. The van der Waals surface area contributed by atoms with Crippen LogP contribution in [0.4, 0.5) is 21.5 Å². The number of carbonyl (C=O) groups excluding carboxylic acids is 1. The number of piperazine rings is 1. The number of nitrogens with zero attached hydrogens (tertiary/aromatic N) is 3. The molecule has 9 heteroatoms. The zero-order valence-corrected chi connectivity index (χ0v) is 24.2. The summed E-state index contributed by atoms with van der Waals surface area (Å²) in [5.74, 6) is -0.0745. The van der Waals surface area contributed by atoms with E-state index in [4.69, 9.17) is 0 Å². The number of sulfonamides is 1. The van der Waals surface area contributed by atoms with Gasteiger partial charge in [-0.05, 0) is 85.8 Å². The molecule has 3 aromatic carbocycles. The zero-order valence-electron chi connectivity index (χ0n) is 23.4. The van der Waals surface area contributed by atoms with Crippen LogP contribution in [-0.2, 0) is 10.0 Å². The summed E-state index contributed by atoms with van der Waals surface area (Å²) < 4.78 is 43.0.